The van der Waals surface area contributed by atoms with Crippen LogP contribution in [-0.4, -0.2) is 35.1 Å². The molecule has 1 fully saturated rings. The fourth-order valence-electron chi connectivity index (χ4n) is 1.23. The Bertz CT molecular complexity index is 167. The molecule has 0 aromatic rings. The number of likely N-dealkylation sites (tertiary alicyclic amines) is 1. The van der Waals surface area contributed by atoms with Crippen LogP contribution < -0.4 is 0 Å². The van der Waals surface area contributed by atoms with Gasteiger partial charge < -0.3 is 10.0 Å². The van der Waals surface area contributed by atoms with Gasteiger partial charge in [-0.25, -0.2) is 0 Å². The van der Waals surface area contributed by atoms with E-state index >= 15 is 0 Å². The van der Waals surface area contributed by atoms with Crippen LogP contribution in [0.5, 0.6) is 0 Å². The average molecular weight is 155 g/mol. The first-order valence-corrected chi connectivity index (χ1v) is 3.80. The number of carbonyl (C=O) groups is 1. The highest BCUT2D eigenvalue weighted by atomic mass is 16.3. The van der Waals surface area contributed by atoms with Crippen molar-refractivity contribution in [3.05, 3.63) is 12.7 Å². The molecule has 11 heavy (non-hydrogen) atoms. The zero-order valence-corrected chi connectivity index (χ0v) is 6.49. The highest BCUT2D eigenvalue weighted by molar-refractivity contribution is 5.77. The second-order valence-electron chi connectivity index (χ2n) is 2.78. The largest absolute Gasteiger partial charge is 0.391 e. The summed E-state index contributed by atoms with van der Waals surface area (Å²) < 4.78 is 0. The van der Waals surface area contributed by atoms with Crippen LogP contribution in [0.25, 0.3) is 0 Å². The zero-order valence-electron chi connectivity index (χ0n) is 6.49. The van der Waals surface area contributed by atoms with E-state index in [1.807, 2.05) is 0 Å². The molecule has 0 aromatic heterocycles. The van der Waals surface area contributed by atoms with E-state index in [1.165, 1.54) is 0 Å². The van der Waals surface area contributed by atoms with Gasteiger partial charge in [0.25, 0.3) is 0 Å². The summed E-state index contributed by atoms with van der Waals surface area (Å²) in [4.78, 5) is 12.7. The van der Waals surface area contributed by atoms with Crippen molar-refractivity contribution in [3.63, 3.8) is 0 Å². The number of hydrogen-bond donors (Lipinski definition) is 1. The van der Waals surface area contributed by atoms with Crippen molar-refractivity contribution in [2.24, 2.45) is 0 Å². The third-order valence-electron chi connectivity index (χ3n) is 1.82. The number of aliphatic hydroxyl groups is 1. The van der Waals surface area contributed by atoms with Crippen LogP contribution in [0.1, 0.15) is 12.8 Å². The minimum absolute atomic E-state index is 0.121. The minimum Gasteiger partial charge on any atom is -0.391 e. The average Bonchev–Trinajstić information content (AvgIpc) is 1.98. The van der Waals surface area contributed by atoms with Crippen molar-refractivity contribution in [2.75, 3.05) is 13.1 Å². The summed E-state index contributed by atoms with van der Waals surface area (Å²) >= 11 is 0. The van der Waals surface area contributed by atoms with Gasteiger partial charge in [0.15, 0.2) is 0 Å². The molecule has 1 aliphatic heterocycles. The zero-order chi connectivity index (χ0) is 8.27. The standard InChI is InChI=1S/C8H13NO2/c1-2-5-9-6-7(10)3-4-8(9)11/h2,7,10H,1,3-6H2. The SMILES string of the molecule is C=CCN1CC(O)CCC1=O. The van der Waals surface area contributed by atoms with Gasteiger partial charge in [-0.05, 0) is 6.42 Å². The predicted octanol–water partition coefficient (Wildman–Crippen LogP) is 0.156. The number of rotatable bonds is 2. The summed E-state index contributed by atoms with van der Waals surface area (Å²) in [6, 6.07) is 0. The Hall–Kier alpha value is -0.830. The number of piperidine rings is 1. The smallest absolute Gasteiger partial charge is 0.223 e. The van der Waals surface area contributed by atoms with Gasteiger partial charge in [-0.1, -0.05) is 6.08 Å². The van der Waals surface area contributed by atoms with Crippen molar-refractivity contribution in [3.8, 4) is 0 Å². The van der Waals surface area contributed by atoms with E-state index < -0.39 is 0 Å². The summed E-state index contributed by atoms with van der Waals surface area (Å²) in [5, 5.41) is 9.20. The van der Waals surface area contributed by atoms with E-state index in [0.29, 0.717) is 25.9 Å². The molecule has 3 heteroatoms. The highest BCUT2D eigenvalue weighted by Gasteiger charge is 2.22. The molecule has 1 unspecified atom stereocenters. The van der Waals surface area contributed by atoms with Gasteiger partial charge >= 0.3 is 0 Å². The van der Waals surface area contributed by atoms with E-state index in [1.54, 1.807) is 11.0 Å². The molecule has 1 saturated heterocycles. The molecular weight excluding hydrogens is 142 g/mol. The lowest BCUT2D eigenvalue weighted by atomic mass is 10.1. The van der Waals surface area contributed by atoms with Crippen molar-refractivity contribution < 1.29 is 9.90 Å². The van der Waals surface area contributed by atoms with Crippen LogP contribution in [0.3, 0.4) is 0 Å². The summed E-state index contributed by atoms with van der Waals surface area (Å²) in [7, 11) is 0. The van der Waals surface area contributed by atoms with Crippen molar-refractivity contribution in [2.45, 2.75) is 18.9 Å². The molecule has 1 aliphatic rings. The number of nitrogens with zero attached hydrogens (tertiary/aromatic N) is 1. The number of β-amino-alcohol motifs (C(OH)–C–C–N with tert-alkyl or cyclic N) is 1. The molecule has 1 atom stereocenters. The van der Waals surface area contributed by atoms with Crippen molar-refractivity contribution in [1.29, 1.82) is 0 Å². The Morgan fingerprint density at radius 1 is 1.82 bits per heavy atom. The van der Waals surface area contributed by atoms with E-state index in [-0.39, 0.29) is 12.0 Å². The molecule has 1 heterocycles. The molecule has 0 saturated carbocycles. The van der Waals surface area contributed by atoms with Crippen molar-refractivity contribution in [1.82, 2.24) is 4.90 Å². The number of amides is 1. The molecule has 0 radical (unpaired) electrons. The molecule has 0 spiro atoms. The fraction of sp³-hybridized carbons (Fsp3) is 0.625. The van der Waals surface area contributed by atoms with E-state index in [9.17, 15) is 9.90 Å². The molecule has 0 aromatic carbocycles. The summed E-state index contributed by atoms with van der Waals surface area (Å²) in [6.45, 7) is 4.55. The lowest BCUT2D eigenvalue weighted by Gasteiger charge is -2.28. The van der Waals surface area contributed by atoms with Crippen LogP contribution in [0, 0.1) is 0 Å². The number of aliphatic hydroxyl groups excluding tert-OH is 1. The van der Waals surface area contributed by atoms with Gasteiger partial charge in [-0.2, -0.15) is 0 Å². The lowest BCUT2D eigenvalue weighted by molar-refractivity contribution is -0.135. The molecule has 0 aliphatic carbocycles. The highest BCUT2D eigenvalue weighted by Crippen LogP contribution is 2.10. The van der Waals surface area contributed by atoms with Crippen LogP contribution in [0.4, 0.5) is 0 Å². The van der Waals surface area contributed by atoms with E-state index in [4.69, 9.17) is 0 Å². The Labute approximate surface area is 66.3 Å². The quantitative estimate of drug-likeness (QED) is 0.577. The van der Waals surface area contributed by atoms with Gasteiger partial charge in [-0.3, -0.25) is 4.79 Å². The van der Waals surface area contributed by atoms with E-state index in [0.717, 1.165) is 0 Å². The lowest BCUT2D eigenvalue weighted by Crippen LogP contribution is -2.42. The molecule has 1 N–H and O–H groups in total. The summed E-state index contributed by atoms with van der Waals surface area (Å²) in [6.07, 6.45) is 2.41. The first kappa shape index (κ1) is 8.27. The first-order valence-electron chi connectivity index (χ1n) is 3.80. The van der Waals surface area contributed by atoms with Gasteiger partial charge in [0.05, 0.1) is 6.10 Å². The molecule has 62 valence electrons. The predicted molar refractivity (Wildman–Crippen MR) is 42.0 cm³/mol. The van der Waals surface area contributed by atoms with Crippen LogP contribution in [0.2, 0.25) is 0 Å². The van der Waals surface area contributed by atoms with Crippen LogP contribution in [0.15, 0.2) is 12.7 Å². The number of carbonyl (C=O) groups excluding carboxylic acids is 1. The second-order valence-corrected chi connectivity index (χ2v) is 2.78. The third-order valence-corrected chi connectivity index (χ3v) is 1.82. The third kappa shape index (κ3) is 2.05. The maximum atomic E-state index is 11.1. The monoisotopic (exact) mass is 155 g/mol. The molecule has 0 bridgehead atoms. The fourth-order valence-corrected chi connectivity index (χ4v) is 1.23. The maximum absolute atomic E-state index is 11.1. The van der Waals surface area contributed by atoms with Gasteiger partial charge in [-0.15, -0.1) is 6.58 Å². The second kappa shape index (κ2) is 3.53. The maximum Gasteiger partial charge on any atom is 0.223 e. The van der Waals surface area contributed by atoms with Crippen LogP contribution >= 0.6 is 0 Å². The first-order chi connectivity index (χ1) is 5.24. The van der Waals surface area contributed by atoms with Gasteiger partial charge in [0.2, 0.25) is 5.91 Å². The summed E-state index contributed by atoms with van der Waals surface area (Å²) in [5.74, 6) is 0.121. The van der Waals surface area contributed by atoms with Crippen LogP contribution in [-0.2, 0) is 4.79 Å². The molecule has 1 amide bonds. The minimum atomic E-state index is -0.340. The number of hydrogen-bond acceptors (Lipinski definition) is 2. The molecule has 3 nitrogen and oxygen atoms in total. The Morgan fingerprint density at radius 3 is 3.18 bits per heavy atom. The normalized spacial score (nSPS) is 25.4. The summed E-state index contributed by atoms with van der Waals surface area (Å²) in [5.41, 5.74) is 0. The van der Waals surface area contributed by atoms with Gasteiger partial charge in [0, 0.05) is 19.5 Å². The Kier molecular flexibility index (Phi) is 2.65. The Balaban J connectivity index is 2.46. The topological polar surface area (TPSA) is 40.5 Å². The molecular formula is C8H13NO2. The van der Waals surface area contributed by atoms with Gasteiger partial charge in [0.1, 0.15) is 0 Å². The van der Waals surface area contributed by atoms with E-state index in [2.05, 4.69) is 6.58 Å². The molecule has 1 rings (SSSR count). The van der Waals surface area contributed by atoms with Crippen molar-refractivity contribution >= 4 is 5.91 Å². The Morgan fingerprint density at radius 2 is 2.55 bits per heavy atom.